The summed E-state index contributed by atoms with van der Waals surface area (Å²) >= 11 is 3.52. The molecule has 1 aliphatic rings. The monoisotopic (exact) mass is 292 g/mol. The fourth-order valence-corrected chi connectivity index (χ4v) is 2.68. The van der Waals surface area contributed by atoms with Crippen LogP contribution in [0, 0.1) is 0 Å². The Morgan fingerprint density at radius 2 is 2.35 bits per heavy atom. The number of anilines is 1. The lowest BCUT2D eigenvalue weighted by atomic mass is 10.2. The van der Waals surface area contributed by atoms with Crippen molar-refractivity contribution in [1.82, 2.24) is 15.4 Å². The van der Waals surface area contributed by atoms with Crippen molar-refractivity contribution >= 4 is 21.6 Å². The van der Waals surface area contributed by atoms with E-state index in [0.29, 0.717) is 0 Å². The lowest BCUT2D eigenvalue weighted by Gasteiger charge is -2.18. The molecule has 0 amide bonds. The Hall–Kier alpha value is -1.36. The molecule has 5 heteroatoms. The van der Waals surface area contributed by atoms with Gasteiger partial charge in [-0.15, -0.1) is 5.10 Å². The van der Waals surface area contributed by atoms with Gasteiger partial charge in [0.25, 0.3) is 0 Å². The fourth-order valence-electron chi connectivity index (χ4n) is 2.27. The highest BCUT2D eigenvalue weighted by atomic mass is 79.9. The number of aromatic amines is 1. The van der Waals surface area contributed by atoms with Gasteiger partial charge in [0.15, 0.2) is 0 Å². The Morgan fingerprint density at radius 3 is 3.18 bits per heavy atom. The highest BCUT2D eigenvalue weighted by Crippen LogP contribution is 2.30. The van der Waals surface area contributed by atoms with Gasteiger partial charge in [-0.05, 0) is 30.2 Å². The smallest absolute Gasteiger partial charge is 0.0723 e. The highest BCUT2D eigenvalue weighted by molar-refractivity contribution is 9.10. The third-order valence-electron chi connectivity index (χ3n) is 3.15. The number of H-pyrrole nitrogens is 1. The third-order valence-corrected chi connectivity index (χ3v) is 3.64. The second-order valence-corrected chi connectivity index (χ2v) is 5.16. The van der Waals surface area contributed by atoms with Crippen LogP contribution in [-0.2, 0) is 12.8 Å². The molecule has 17 heavy (non-hydrogen) atoms. The number of benzene rings is 1. The van der Waals surface area contributed by atoms with Gasteiger partial charge in [-0.3, -0.25) is 5.10 Å². The lowest BCUT2D eigenvalue weighted by Crippen LogP contribution is -2.23. The molecule has 0 saturated heterocycles. The maximum absolute atomic E-state index is 3.79. The highest BCUT2D eigenvalue weighted by Gasteiger charge is 2.18. The van der Waals surface area contributed by atoms with Gasteiger partial charge in [0, 0.05) is 29.7 Å². The van der Waals surface area contributed by atoms with Gasteiger partial charge in [0.2, 0.25) is 0 Å². The van der Waals surface area contributed by atoms with Gasteiger partial charge >= 0.3 is 0 Å². The van der Waals surface area contributed by atoms with Crippen molar-refractivity contribution in [3.8, 4) is 0 Å². The van der Waals surface area contributed by atoms with Gasteiger partial charge in [0.1, 0.15) is 0 Å². The van der Waals surface area contributed by atoms with Crippen LogP contribution < -0.4 is 4.90 Å². The van der Waals surface area contributed by atoms with Gasteiger partial charge < -0.3 is 4.90 Å². The molecule has 2 aromatic rings. The van der Waals surface area contributed by atoms with Crippen molar-refractivity contribution in [3.05, 3.63) is 40.1 Å². The average Bonchev–Trinajstić information content (AvgIpc) is 2.94. The van der Waals surface area contributed by atoms with Crippen LogP contribution in [0.1, 0.15) is 11.3 Å². The molecule has 0 spiro atoms. The summed E-state index contributed by atoms with van der Waals surface area (Å²) in [7, 11) is 0. The maximum Gasteiger partial charge on any atom is 0.0723 e. The molecule has 0 aliphatic carbocycles. The zero-order valence-electron chi connectivity index (χ0n) is 9.36. The molecule has 0 radical (unpaired) electrons. The fraction of sp³-hybridized carbons (Fsp3) is 0.333. The largest absolute Gasteiger partial charge is 0.371 e. The summed E-state index contributed by atoms with van der Waals surface area (Å²) < 4.78 is 1.16. The van der Waals surface area contributed by atoms with E-state index in [1.807, 2.05) is 0 Å². The Labute approximate surface area is 108 Å². The van der Waals surface area contributed by atoms with Crippen LogP contribution in [0.4, 0.5) is 5.69 Å². The Kier molecular flexibility index (Phi) is 2.84. The van der Waals surface area contributed by atoms with Crippen LogP contribution in [0.5, 0.6) is 0 Å². The lowest BCUT2D eigenvalue weighted by molar-refractivity contribution is 0.793. The van der Waals surface area contributed by atoms with E-state index in [4.69, 9.17) is 0 Å². The van der Waals surface area contributed by atoms with Crippen LogP contribution in [0.15, 0.2) is 28.9 Å². The van der Waals surface area contributed by atoms with Crippen LogP contribution in [0.3, 0.4) is 0 Å². The number of hydrogen-bond donors (Lipinski definition) is 1. The minimum atomic E-state index is 0.961. The molecular formula is C12H13BrN4. The van der Waals surface area contributed by atoms with Crippen molar-refractivity contribution in [1.29, 1.82) is 0 Å². The minimum absolute atomic E-state index is 0.961. The average molecular weight is 293 g/mol. The van der Waals surface area contributed by atoms with Gasteiger partial charge in [0.05, 0.1) is 11.9 Å². The number of nitrogens with zero attached hydrogens (tertiary/aromatic N) is 3. The number of halogens is 1. The van der Waals surface area contributed by atoms with Gasteiger partial charge in [-0.25, -0.2) is 0 Å². The molecule has 1 N–H and O–H groups in total. The van der Waals surface area contributed by atoms with E-state index >= 15 is 0 Å². The molecule has 3 rings (SSSR count). The molecule has 0 fully saturated rings. The molecule has 1 aliphatic heterocycles. The third kappa shape index (κ3) is 2.20. The summed E-state index contributed by atoms with van der Waals surface area (Å²) in [5, 5.41) is 10.4. The summed E-state index contributed by atoms with van der Waals surface area (Å²) in [6, 6.07) is 6.51. The van der Waals surface area contributed by atoms with E-state index in [1.54, 1.807) is 6.20 Å². The van der Waals surface area contributed by atoms with E-state index in [-0.39, 0.29) is 0 Å². The first-order valence-electron chi connectivity index (χ1n) is 5.71. The number of aromatic nitrogens is 3. The van der Waals surface area contributed by atoms with Crippen molar-refractivity contribution in [2.45, 2.75) is 12.8 Å². The van der Waals surface area contributed by atoms with E-state index in [1.165, 1.54) is 11.3 Å². The Balaban J connectivity index is 1.71. The van der Waals surface area contributed by atoms with Crippen LogP contribution >= 0.6 is 15.9 Å². The Bertz CT molecular complexity index is 509. The standard InChI is InChI=1S/C12H13BrN4/c13-10-1-2-12-9(7-10)3-5-17(12)6-4-11-8-14-16-15-11/h1-2,7-8H,3-6H2,(H,14,15,16). The van der Waals surface area contributed by atoms with E-state index < -0.39 is 0 Å². The van der Waals surface area contributed by atoms with Crippen LogP contribution in [0.2, 0.25) is 0 Å². The molecule has 0 atom stereocenters. The number of fused-ring (bicyclic) bond motifs is 1. The second kappa shape index (κ2) is 4.49. The van der Waals surface area contributed by atoms with Gasteiger partial charge in [-0.1, -0.05) is 21.1 Å². The maximum atomic E-state index is 3.79. The first kappa shape index (κ1) is 10.8. The summed E-state index contributed by atoms with van der Waals surface area (Å²) in [5.74, 6) is 0. The minimum Gasteiger partial charge on any atom is -0.371 e. The van der Waals surface area contributed by atoms with Crippen molar-refractivity contribution < 1.29 is 0 Å². The van der Waals surface area contributed by atoms with Gasteiger partial charge in [-0.2, -0.15) is 0 Å². The molecule has 1 aromatic heterocycles. The summed E-state index contributed by atoms with van der Waals surface area (Å²) in [6.07, 6.45) is 3.89. The number of hydrogen-bond acceptors (Lipinski definition) is 3. The summed E-state index contributed by atoms with van der Waals surface area (Å²) in [6.45, 7) is 2.12. The zero-order valence-corrected chi connectivity index (χ0v) is 10.9. The quantitative estimate of drug-likeness (QED) is 0.943. The molecule has 0 bridgehead atoms. The predicted octanol–water partition coefficient (Wildman–Crippen LogP) is 2.17. The molecule has 4 nitrogen and oxygen atoms in total. The second-order valence-electron chi connectivity index (χ2n) is 4.24. The SMILES string of the molecule is Brc1ccc2c(c1)CCN2CCc1cnn[nH]1. The van der Waals surface area contributed by atoms with Crippen LogP contribution in [0.25, 0.3) is 0 Å². The van der Waals surface area contributed by atoms with E-state index in [0.717, 1.165) is 36.1 Å². The first-order chi connectivity index (χ1) is 8.33. The van der Waals surface area contributed by atoms with Crippen molar-refractivity contribution in [2.24, 2.45) is 0 Å². The normalized spacial score (nSPS) is 14.1. The molecule has 88 valence electrons. The number of nitrogens with one attached hydrogen (secondary N) is 1. The molecule has 2 heterocycles. The van der Waals surface area contributed by atoms with Crippen LogP contribution in [-0.4, -0.2) is 28.5 Å². The molecule has 0 unspecified atom stereocenters. The zero-order chi connectivity index (χ0) is 11.7. The Morgan fingerprint density at radius 1 is 1.41 bits per heavy atom. The first-order valence-corrected chi connectivity index (χ1v) is 6.50. The van der Waals surface area contributed by atoms with Crippen molar-refractivity contribution in [3.63, 3.8) is 0 Å². The molecular weight excluding hydrogens is 280 g/mol. The molecule has 0 saturated carbocycles. The summed E-state index contributed by atoms with van der Waals surface area (Å²) in [4.78, 5) is 2.42. The summed E-state index contributed by atoms with van der Waals surface area (Å²) in [5.41, 5.74) is 3.89. The van der Waals surface area contributed by atoms with Crippen molar-refractivity contribution in [2.75, 3.05) is 18.0 Å². The topological polar surface area (TPSA) is 44.8 Å². The number of rotatable bonds is 3. The van der Waals surface area contributed by atoms with E-state index in [2.05, 4.69) is 54.4 Å². The van der Waals surface area contributed by atoms with E-state index in [9.17, 15) is 0 Å². The molecule has 1 aromatic carbocycles. The predicted molar refractivity (Wildman–Crippen MR) is 70.1 cm³/mol.